The molecule has 0 aliphatic carbocycles. The molecular weight excluding hydrogens is 306 g/mol. The Balaban J connectivity index is 1.62. The third kappa shape index (κ3) is 7.74. The lowest BCUT2D eigenvalue weighted by Gasteiger charge is -2.10. The SMILES string of the molecule is CCCCCCCCNCc1ccc(OCc2ccccc2C)cc1. The van der Waals surface area contributed by atoms with E-state index in [9.17, 15) is 0 Å². The number of nitrogens with one attached hydrogen (secondary N) is 1. The summed E-state index contributed by atoms with van der Waals surface area (Å²) < 4.78 is 5.90. The van der Waals surface area contributed by atoms with Gasteiger partial charge < -0.3 is 10.1 Å². The zero-order chi connectivity index (χ0) is 17.7. The number of hydrogen-bond acceptors (Lipinski definition) is 2. The Hall–Kier alpha value is -1.80. The van der Waals surface area contributed by atoms with Crippen molar-refractivity contribution < 1.29 is 4.74 Å². The quantitative estimate of drug-likeness (QED) is 0.477. The summed E-state index contributed by atoms with van der Waals surface area (Å²) in [5, 5.41) is 3.54. The molecule has 0 spiro atoms. The first-order valence-electron chi connectivity index (χ1n) is 9.76. The molecule has 0 fully saturated rings. The summed E-state index contributed by atoms with van der Waals surface area (Å²) in [5.74, 6) is 0.933. The van der Waals surface area contributed by atoms with Gasteiger partial charge in [-0.2, -0.15) is 0 Å². The molecule has 2 heteroatoms. The number of hydrogen-bond donors (Lipinski definition) is 1. The number of rotatable bonds is 12. The fourth-order valence-corrected chi connectivity index (χ4v) is 2.90. The fraction of sp³-hybridized carbons (Fsp3) is 0.478. The van der Waals surface area contributed by atoms with E-state index >= 15 is 0 Å². The van der Waals surface area contributed by atoms with E-state index in [4.69, 9.17) is 4.74 Å². The smallest absolute Gasteiger partial charge is 0.119 e. The Morgan fingerprint density at radius 3 is 2.32 bits per heavy atom. The average Bonchev–Trinajstić information content (AvgIpc) is 2.64. The minimum Gasteiger partial charge on any atom is -0.489 e. The van der Waals surface area contributed by atoms with Crippen LogP contribution in [0.3, 0.4) is 0 Å². The molecule has 0 aromatic heterocycles. The van der Waals surface area contributed by atoms with Gasteiger partial charge in [-0.05, 0) is 48.7 Å². The monoisotopic (exact) mass is 339 g/mol. The lowest BCUT2D eigenvalue weighted by Crippen LogP contribution is -2.14. The van der Waals surface area contributed by atoms with Crippen LogP contribution in [0.4, 0.5) is 0 Å². The predicted molar refractivity (Wildman–Crippen MR) is 107 cm³/mol. The van der Waals surface area contributed by atoms with Gasteiger partial charge in [0, 0.05) is 6.54 Å². The highest BCUT2D eigenvalue weighted by Crippen LogP contribution is 2.16. The van der Waals surface area contributed by atoms with Crippen molar-refractivity contribution in [3.63, 3.8) is 0 Å². The third-order valence-electron chi connectivity index (χ3n) is 4.62. The Bertz CT molecular complexity index is 591. The molecule has 1 N–H and O–H groups in total. The van der Waals surface area contributed by atoms with Crippen molar-refractivity contribution in [1.29, 1.82) is 0 Å². The van der Waals surface area contributed by atoms with Crippen molar-refractivity contribution >= 4 is 0 Å². The van der Waals surface area contributed by atoms with Gasteiger partial charge in [0.1, 0.15) is 12.4 Å². The van der Waals surface area contributed by atoms with Crippen LogP contribution in [-0.2, 0) is 13.2 Å². The second-order valence-corrected chi connectivity index (χ2v) is 6.80. The lowest BCUT2D eigenvalue weighted by atomic mass is 10.1. The second-order valence-electron chi connectivity index (χ2n) is 6.80. The molecule has 0 atom stereocenters. The van der Waals surface area contributed by atoms with Gasteiger partial charge >= 0.3 is 0 Å². The van der Waals surface area contributed by atoms with Crippen LogP contribution in [0.1, 0.15) is 62.1 Å². The molecule has 0 unspecified atom stereocenters. The van der Waals surface area contributed by atoms with Crippen LogP contribution in [0.25, 0.3) is 0 Å². The van der Waals surface area contributed by atoms with E-state index in [1.165, 1.54) is 55.2 Å². The van der Waals surface area contributed by atoms with Crippen LogP contribution in [0.2, 0.25) is 0 Å². The van der Waals surface area contributed by atoms with Gasteiger partial charge in [0.05, 0.1) is 0 Å². The minimum absolute atomic E-state index is 0.627. The summed E-state index contributed by atoms with van der Waals surface area (Å²) in [4.78, 5) is 0. The molecular formula is C23H33NO. The minimum atomic E-state index is 0.627. The van der Waals surface area contributed by atoms with E-state index in [0.29, 0.717) is 6.61 Å². The summed E-state index contributed by atoms with van der Waals surface area (Å²) in [6.45, 7) is 7.06. The molecule has 2 nitrogen and oxygen atoms in total. The largest absolute Gasteiger partial charge is 0.489 e. The maximum atomic E-state index is 5.90. The van der Waals surface area contributed by atoms with E-state index in [1.54, 1.807) is 0 Å². The molecule has 2 aromatic carbocycles. The van der Waals surface area contributed by atoms with Crippen LogP contribution in [0, 0.1) is 6.92 Å². The van der Waals surface area contributed by atoms with Gasteiger partial charge in [-0.15, -0.1) is 0 Å². The summed E-state index contributed by atoms with van der Waals surface area (Å²) in [7, 11) is 0. The Morgan fingerprint density at radius 1 is 0.840 bits per heavy atom. The topological polar surface area (TPSA) is 21.3 Å². The third-order valence-corrected chi connectivity index (χ3v) is 4.62. The molecule has 2 rings (SSSR count). The molecule has 0 saturated carbocycles. The van der Waals surface area contributed by atoms with Crippen molar-refractivity contribution in [2.24, 2.45) is 0 Å². The van der Waals surface area contributed by atoms with Crippen LogP contribution >= 0.6 is 0 Å². The van der Waals surface area contributed by atoms with E-state index in [1.807, 2.05) is 0 Å². The normalized spacial score (nSPS) is 10.8. The first kappa shape index (κ1) is 19.5. The second kappa shape index (κ2) is 11.7. The van der Waals surface area contributed by atoms with Crippen molar-refractivity contribution in [1.82, 2.24) is 5.32 Å². The summed E-state index contributed by atoms with van der Waals surface area (Å²) in [5.41, 5.74) is 3.83. The number of unbranched alkanes of at least 4 members (excludes halogenated alkanes) is 5. The average molecular weight is 340 g/mol. The van der Waals surface area contributed by atoms with Crippen molar-refractivity contribution in [2.45, 2.75) is 65.5 Å². The van der Waals surface area contributed by atoms with E-state index < -0.39 is 0 Å². The van der Waals surface area contributed by atoms with Crippen LogP contribution in [0.5, 0.6) is 5.75 Å². The molecule has 0 heterocycles. The van der Waals surface area contributed by atoms with Crippen molar-refractivity contribution in [3.05, 3.63) is 65.2 Å². The van der Waals surface area contributed by atoms with Gasteiger partial charge in [0.25, 0.3) is 0 Å². The molecule has 25 heavy (non-hydrogen) atoms. The molecule has 0 aliphatic rings. The number of aryl methyl sites for hydroxylation is 1. The Morgan fingerprint density at radius 2 is 1.56 bits per heavy atom. The predicted octanol–water partition coefficient (Wildman–Crippen LogP) is 6.02. The standard InChI is InChI=1S/C23H33NO/c1-3-4-5-6-7-10-17-24-18-21-13-15-23(16-14-21)25-19-22-12-9-8-11-20(22)2/h8-9,11-16,24H,3-7,10,17-19H2,1-2H3. The summed E-state index contributed by atoms with van der Waals surface area (Å²) >= 11 is 0. The number of benzene rings is 2. The van der Waals surface area contributed by atoms with E-state index in [2.05, 4.69) is 67.7 Å². The first-order valence-corrected chi connectivity index (χ1v) is 9.76. The molecule has 0 radical (unpaired) electrons. The van der Waals surface area contributed by atoms with E-state index in [0.717, 1.165) is 18.8 Å². The molecule has 0 saturated heterocycles. The maximum absolute atomic E-state index is 5.90. The van der Waals surface area contributed by atoms with Crippen LogP contribution < -0.4 is 10.1 Å². The van der Waals surface area contributed by atoms with Crippen LogP contribution in [-0.4, -0.2) is 6.54 Å². The van der Waals surface area contributed by atoms with E-state index in [-0.39, 0.29) is 0 Å². The Labute approximate surface area is 153 Å². The molecule has 2 aromatic rings. The highest BCUT2D eigenvalue weighted by atomic mass is 16.5. The van der Waals surface area contributed by atoms with Crippen molar-refractivity contribution in [2.75, 3.05) is 6.54 Å². The van der Waals surface area contributed by atoms with Crippen molar-refractivity contribution in [3.8, 4) is 5.75 Å². The Kier molecular flexibility index (Phi) is 9.14. The van der Waals surface area contributed by atoms with Gasteiger partial charge in [-0.25, -0.2) is 0 Å². The molecule has 0 aliphatic heterocycles. The summed E-state index contributed by atoms with van der Waals surface area (Å²) in [6.07, 6.45) is 8.09. The summed E-state index contributed by atoms with van der Waals surface area (Å²) in [6, 6.07) is 16.8. The first-order chi connectivity index (χ1) is 12.3. The lowest BCUT2D eigenvalue weighted by molar-refractivity contribution is 0.305. The van der Waals surface area contributed by atoms with Gasteiger partial charge in [0.15, 0.2) is 0 Å². The molecule has 0 bridgehead atoms. The fourth-order valence-electron chi connectivity index (χ4n) is 2.90. The zero-order valence-corrected chi connectivity index (χ0v) is 15.9. The maximum Gasteiger partial charge on any atom is 0.119 e. The zero-order valence-electron chi connectivity index (χ0n) is 15.9. The molecule has 0 amide bonds. The van der Waals surface area contributed by atoms with Crippen LogP contribution in [0.15, 0.2) is 48.5 Å². The van der Waals surface area contributed by atoms with Gasteiger partial charge in [-0.1, -0.05) is 75.4 Å². The highest BCUT2D eigenvalue weighted by molar-refractivity contribution is 5.29. The highest BCUT2D eigenvalue weighted by Gasteiger charge is 2.00. The van der Waals surface area contributed by atoms with Gasteiger partial charge in [0.2, 0.25) is 0 Å². The molecule has 136 valence electrons. The number of ether oxygens (including phenoxy) is 1. The van der Waals surface area contributed by atoms with Gasteiger partial charge in [-0.3, -0.25) is 0 Å².